The molecule has 0 aliphatic carbocycles. The Kier molecular flexibility index (Phi) is 3.87. The van der Waals surface area contributed by atoms with Crippen LogP contribution >= 0.6 is 11.3 Å². The third-order valence-corrected chi connectivity index (χ3v) is 4.27. The van der Waals surface area contributed by atoms with E-state index in [1.807, 2.05) is 6.07 Å². The van der Waals surface area contributed by atoms with Crippen molar-refractivity contribution in [1.29, 1.82) is 5.26 Å². The van der Waals surface area contributed by atoms with Crippen LogP contribution in [0.4, 0.5) is 4.39 Å². The first-order chi connectivity index (χ1) is 11.1. The monoisotopic (exact) mass is 324 g/mol. The van der Waals surface area contributed by atoms with Crippen LogP contribution < -0.4 is 5.56 Å². The van der Waals surface area contributed by atoms with Gasteiger partial charge >= 0.3 is 0 Å². The van der Waals surface area contributed by atoms with Crippen LogP contribution in [0, 0.1) is 17.1 Å². The Hall–Kier alpha value is -3.04. The number of aliphatic hydroxyl groups is 1. The highest BCUT2D eigenvalue weighted by atomic mass is 32.1. The smallest absolute Gasteiger partial charge is 0.279 e. The summed E-state index contributed by atoms with van der Waals surface area (Å²) in [5.74, 6) is -0.792. The molecule has 112 valence electrons. The van der Waals surface area contributed by atoms with Gasteiger partial charge in [0.05, 0.1) is 5.39 Å². The van der Waals surface area contributed by atoms with Gasteiger partial charge in [-0.15, -0.1) is 11.3 Å². The first-order valence-electron chi connectivity index (χ1n) is 6.59. The van der Waals surface area contributed by atoms with Gasteiger partial charge in [-0.05, 0) is 36.4 Å². The van der Waals surface area contributed by atoms with E-state index in [0.717, 1.165) is 11.3 Å². The zero-order valence-electron chi connectivity index (χ0n) is 11.7. The summed E-state index contributed by atoms with van der Waals surface area (Å²) >= 11 is 1.13. The Bertz CT molecular complexity index is 1020. The largest absolute Gasteiger partial charge is 0.506 e. The van der Waals surface area contributed by atoms with Gasteiger partial charge in [0, 0.05) is 10.3 Å². The second-order valence-corrected chi connectivity index (χ2v) is 5.69. The van der Waals surface area contributed by atoms with E-state index in [-0.39, 0.29) is 21.9 Å². The number of rotatable bonds is 2. The van der Waals surface area contributed by atoms with Crippen LogP contribution in [-0.4, -0.2) is 10.1 Å². The Balaban J connectivity index is 2.22. The molecule has 0 radical (unpaired) electrons. The van der Waals surface area contributed by atoms with Gasteiger partial charge in [-0.25, -0.2) is 4.39 Å². The molecular weight excluding hydrogens is 315 g/mol. The van der Waals surface area contributed by atoms with Crippen molar-refractivity contribution in [2.75, 3.05) is 0 Å². The minimum absolute atomic E-state index is 0.121. The lowest BCUT2D eigenvalue weighted by atomic mass is 10.1. The summed E-state index contributed by atoms with van der Waals surface area (Å²) in [5, 5.41) is 20.2. The van der Waals surface area contributed by atoms with Gasteiger partial charge in [0.2, 0.25) is 0 Å². The summed E-state index contributed by atoms with van der Waals surface area (Å²) < 4.78 is 13.6. The van der Waals surface area contributed by atoms with Gasteiger partial charge < -0.3 is 5.11 Å². The molecule has 3 aromatic rings. The van der Waals surface area contributed by atoms with Crippen molar-refractivity contribution >= 4 is 32.8 Å². The number of halogens is 1. The van der Waals surface area contributed by atoms with E-state index in [2.05, 4.69) is 4.98 Å². The molecular formula is C17H9FN2O2S. The van der Waals surface area contributed by atoms with Crippen molar-refractivity contribution in [2.45, 2.75) is 0 Å². The molecule has 0 atom stereocenters. The van der Waals surface area contributed by atoms with E-state index >= 15 is 0 Å². The Labute approximate surface area is 134 Å². The first-order valence-corrected chi connectivity index (χ1v) is 7.41. The first kappa shape index (κ1) is 14.9. The Morgan fingerprint density at radius 1 is 1.17 bits per heavy atom. The average molecular weight is 324 g/mol. The molecule has 0 aliphatic rings. The van der Waals surface area contributed by atoms with Crippen LogP contribution in [0.5, 0.6) is 0 Å². The predicted molar refractivity (Wildman–Crippen MR) is 87.3 cm³/mol. The van der Waals surface area contributed by atoms with Gasteiger partial charge in [0.1, 0.15) is 28.2 Å². The molecule has 1 heterocycles. The van der Waals surface area contributed by atoms with E-state index < -0.39 is 11.4 Å². The molecule has 6 heteroatoms. The van der Waals surface area contributed by atoms with Gasteiger partial charge in [-0.1, -0.05) is 12.1 Å². The van der Waals surface area contributed by atoms with E-state index in [1.165, 1.54) is 24.3 Å². The summed E-state index contributed by atoms with van der Waals surface area (Å²) in [7, 11) is 0. The van der Waals surface area contributed by atoms with Crippen LogP contribution in [0.3, 0.4) is 0 Å². The van der Waals surface area contributed by atoms with E-state index in [9.17, 15) is 19.6 Å². The Morgan fingerprint density at radius 2 is 1.87 bits per heavy atom. The summed E-state index contributed by atoms with van der Waals surface area (Å²) in [4.78, 5) is 15.9. The molecule has 0 saturated carbocycles. The molecule has 0 saturated heterocycles. The number of hydrogen-bond acceptors (Lipinski definition) is 5. The van der Waals surface area contributed by atoms with Crippen LogP contribution in [-0.2, 0) is 0 Å². The number of fused-ring (bicyclic) bond motifs is 1. The average Bonchev–Trinajstić information content (AvgIpc) is 2.56. The number of nitrogens with zero attached hydrogens (tertiary/aromatic N) is 2. The van der Waals surface area contributed by atoms with Crippen LogP contribution in [0.15, 0.2) is 53.3 Å². The maximum Gasteiger partial charge on any atom is 0.279 e. The number of aromatic nitrogens is 1. The molecule has 4 nitrogen and oxygen atoms in total. The molecule has 0 unspecified atom stereocenters. The summed E-state index contributed by atoms with van der Waals surface area (Å²) in [6.45, 7) is 0. The maximum atomic E-state index is 13.0. The van der Waals surface area contributed by atoms with E-state index in [4.69, 9.17) is 0 Å². The molecule has 0 aliphatic heterocycles. The van der Waals surface area contributed by atoms with Crippen molar-refractivity contribution < 1.29 is 9.50 Å². The van der Waals surface area contributed by atoms with Gasteiger partial charge in [0.15, 0.2) is 0 Å². The molecule has 23 heavy (non-hydrogen) atoms. The molecule has 0 bridgehead atoms. The lowest BCUT2D eigenvalue weighted by molar-refractivity contribution is 0.513. The van der Waals surface area contributed by atoms with Crippen molar-refractivity contribution in [3.63, 3.8) is 0 Å². The zero-order valence-corrected chi connectivity index (χ0v) is 12.5. The molecule has 1 N–H and O–H groups in total. The van der Waals surface area contributed by atoms with Crippen LogP contribution in [0.1, 0.15) is 10.6 Å². The molecule has 2 aromatic carbocycles. The molecule has 0 spiro atoms. The minimum atomic E-state index is -0.464. The fourth-order valence-corrected chi connectivity index (χ4v) is 3.07. The van der Waals surface area contributed by atoms with Crippen molar-refractivity contribution in [3.8, 4) is 6.07 Å². The number of benzene rings is 2. The fraction of sp³-hybridized carbons (Fsp3) is 0. The predicted octanol–water partition coefficient (Wildman–Crippen LogP) is 3.75. The van der Waals surface area contributed by atoms with Crippen LogP contribution in [0.25, 0.3) is 21.4 Å². The lowest BCUT2D eigenvalue weighted by Gasteiger charge is -2.04. The summed E-state index contributed by atoms with van der Waals surface area (Å²) in [6, 6.07) is 13.8. The highest BCUT2D eigenvalue weighted by Gasteiger charge is 2.15. The lowest BCUT2D eigenvalue weighted by Crippen LogP contribution is -2.07. The summed E-state index contributed by atoms with van der Waals surface area (Å²) in [5.41, 5.74) is -0.309. The molecule has 0 amide bonds. The maximum absolute atomic E-state index is 13.0. The van der Waals surface area contributed by atoms with Crippen molar-refractivity contribution in [3.05, 3.63) is 75.3 Å². The third-order valence-electron chi connectivity index (χ3n) is 3.21. The molecule has 3 rings (SSSR count). The normalized spacial score (nSPS) is 11.8. The minimum Gasteiger partial charge on any atom is -0.506 e. The Morgan fingerprint density at radius 3 is 2.57 bits per heavy atom. The summed E-state index contributed by atoms with van der Waals surface area (Å²) in [6.07, 6.45) is 0. The highest BCUT2D eigenvalue weighted by Crippen LogP contribution is 2.27. The van der Waals surface area contributed by atoms with Crippen molar-refractivity contribution in [1.82, 2.24) is 4.98 Å². The van der Waals surface area contributed by atoms with Gasteiger partial charge in [0.25, 0.3) is 5.56 Å². The zero-order chi connectivity index (χ0) is 16.4. The molecule has 1 aromatic heterocycles. The number of aliphatic hydroxyl groups excluding tert-OH is 1. The fourth-order valence-electron chi connectivity index (χ4n) is 2.07. The second kappa shape index (κ2) is 5.99. The third kappa shape index (κ3) is 2.82. The molecule has 0 fully saturated rings. The highest BCUT2D eigenvalue weighted by molar-refractivity contribution is 7.19. The van der Waals surface area contributed by atoms with Crippen LogP contribution in [0.2, 0.25) is 0 Å². The van der Waals surface area contributed by atoms with Crippen molar-refractivity contribution in [2.24, 2.45) is 0 Å². The second-order valence-electron chi connectivity index (χ2n) is 4.66. The van der Waals surface area contributed by atoms with E-state index in [1.54, 1.807) is 24.3 Å². The number of nitriles is 1. The van der Waals surface area contributed by atoms with Gasteiger partial charge in [-0.2, -0.15) is 10.2 Å². The number of allylic oxidation sites excluding steroid dienone is 1. The topological polar surface area (TPSA) is 74.0 Å². The standard InChI is InChI=1S/C17H9FN2O2S/c18-11-7-5-10(6-8-11)15(21)13(9-19)17-20-16(22)12-3-1-2-4-14(12)23-17/h1-8,21H. The quantitative estimate of drug-likeness (QED) is 0.575. The van der Waals surface area contributed by atoms with E-state index in [0.29, 0.717) is 10.1 Å². The van der Waals surface area contributed by atoms with Gasteiger partial charge in [-0.3, -0.25) is 4.79 Å². The SMILES string of the molecule is N#CC(=C(O)c1ccc(F)cc1)c1nc(=O)c2ccccc2s1. The number of hydrogen-bond donors (Lipinski definition) is 1.